The molecule has 0 aromatic carbocycles. The van der Waals surface area contributed by atoms with E-state index >= 15 is 0 Å². The van der Waals surface area contributed by atoms with Crippen LogP contribution in [0.15, 0.2) is 0 Å². The Hall–Kier alpha value is -0.570. The van der Waals surface area contributed by atoms with Gasteiger partial charge in [-0.25, -0.2) is 0 Å². The standard InChI is InChI=1S/C15H29NO2/c1-3-4-5-6-7-8-10-14(17)16-12-9-11-15(2,18)13-16/h18H,3-13H2,1-2H3. The fourth-order valence-electron chi connectivity index (χ4n) is 2.65. The molecule has 1 atom stereocenters. The van der Waals surface area contributed by atoms with E-state index < -0.39 is 5.60 Å². The topological polar surface area (TPSA) is 40.5 Å². The highest BCUT2D eigenvalue weighted by atomic mass is 16.3. The first-order chi connectivity index (χ1) is 8.55. The van der Waals surface area contributed by atoms with Gasteiger partial charge in [0.1, 0.15) is 0 Å². The second-order valence-electron chi connectivity index (χ2n) is 5.93. The lowest BCUT2D eigenvalue weighted by Crippen LogP contribution is -2.48. The zero-order chi connectivity index (χ0) is 13.4. The maximum absolute atomic E-state index is 12.0. The van der Waals surface area contributed by atoms with Gasteiger partial charge in [-0.2, -0.15) is 0 Å². The number of carbonyl (C=O) groups is 1. The van der Waals surface area contributed by atoms with Crippen molar-refractivity contribution in [2.45, 2.75) is 77.2 Å². The molecule has 1 aliphatic rings. The molecule has 0 radical (unpaired) electrons. The van der Waals surface area contributed by atoms with Crippen LogP contribution in [-0.4, -0.2) is 34.6 Å². The molecule has 0 aromatic rings. The van der Waals surface area contributed by atoms with Gasteiger partial charge in [-0.15, -0.1) is 0 Å². The Kier molecular flexibility index (Phi) is 6.69. The van der Waals surface area contributed by atoms with Gasteiger partial charge in [0.05, 0.1) is 5.60 Å². The third kappa shape index (κ3) is 5.85. The van der Waals surface area contributed by atoms with E-state index in [1.54, 1.807) is 0 Å². The smallest absolute Gasteiger partial charge is 0.222 e. The Bertz CT molecular complexity index is 251. The lowest BCUT2D eigenvalue weighted by molar-refractivity contribution is -0.137. The summed E-state index contributed by atoms with van der Waals surface area (Å²) in [7, 11) is 0. The van der Waals surface area contributed by atoms with Crippen molar-refractivity contribution in [2.75, 3.05) is 13.1 Å². The van der Waals surface area contributed by atoms with Crippen LogP contribution in [0.4, 0.5) is 0 Å². The maximum atomic E-state index is 12.0. The molecular weight excluding hydrogens is 226 g/mol. The first kappa shape index (κ1) is 15.5. The predicted octanol–water partition coefficient (Wildman–Crippen LogP) is 3.11. The minimum Gasteiger partial charge on any atom is -0.388 e. The van der Waals surface area contributed by atoms with Gasteiger partial charge < -0.3 is 10.0 Å². The summed E-state index contributed by atoms with van der Waals surface area (Å²) in [5, 5.41) is 9.97. The highest BCUT2D eigenvalue weighted by Gasteiger charge is 2.30. The molecule has 1 rings (SSSR count). The Morgan fingerprint density at radius 3 is 2.56 bits per heavy atom. The van der Waals surface area contributed by atoms with Crippen LogP contribution in [-0.2, 0) is 4.79 Å². The molecule has 0 aromatic heterocycles. The third-order valence-electron chi connectivity index (χ3n) is 3.77. The fourth-order valence-corrected chi connectivity index (χ4v) is 2.65. The molecule has 3 nitrogen and oxygen atoms in total. The number of amides is 1. The van der Waals surface area contributed by atoms with Crippen LogP contribution < -0.4 is 0 Å². The van der Waals surface area contributed by atoms with Crippen molar-refractivity contribution in [3.05, 3.63) is 0 Å². The van der Waals surface area contributed by atoms with Gasteiger partial charge in [-0.3, -0.25) is 4.79 Å². The highest BCUT2D eigenvalue weighted by Crippen LogP contribution is 2.21. The molecule has 0 saturated carbocycles. The molecule has 3 heteroatoms. The van der Waals surface area contributed by atoms with Gasteiger partial charge in [-0.1, -0.05) is 39.0 Å². The molecular formula is C15H29NO2. The van der Waals surface area contributed by atoms with Crippen molar-refractivity contribution in [2.24, 2.45) is 0 Å². The Balaban J connectivity index is 2.12. The number of nitrogens with zero attached hydrogens (tertiary/aromatic N) is 1. The van der Waals surface area contributed by atoms with Gasteiger partial charge in [0.2, 0.25) is 5.91 Å². The van der Waals surface area contributed by atoms with Crippen LogP contribution in [0, 0.1) is 0 Å². The molecule has 1 saturated heterocycles. The minimum absolute atomic E-state index is 0.227. The fraction of sp³-hybridized carbons (Fsp3) is 0.933. The molecule has 1 fully saturated rings. The summed E-state index contributed by atoms with van der Waals surface area (Å²) in [6.07, 6.45) is 9.68. The number of hydrogen-bond acceptors (Lipinski definition) is 2. The number of likely N-dealkylation sites (tertiary alicyclic amines) is 1. The molecule has 0 spiro atoms. The number of aliphatic hydroxyl groups is 1. The van der Waals surface area contributed by atoms with Gasteiger partial charge in [0.15, 0.2) is 0 Å². The van der Waals surface area contributed by atoms with Crippen molar-refractivity contribution >= 4 is 5.91 Å². The van der Waals surface area contributed by atoms with Crippen molar-refractivity contribution in [3.8, 4) is 0 Å². The van der Waals surface area contributed by atoms with E-state index in [-0.39, 0.29) is 5.91 Å². The normalized spacial score (nSPS) is 24.3. The van der Waals surface area contributed by atoms with Crippen molar-refractivity contribution in [3.63, 3.8) is 0 Å². The summed E-state index contributed by atoms with van der Waals surface area (Å²) in [5.41, 5.74) is -0.672. The average molecular weight is 255 g/mol. The van der Waals surface area contributed by atoms with Crippen LogP contribution in [0.5, 0.6) is 0 Å². The molecule has 106 valence electrons. The second kappa shape index (κ2) is 7.78. The molecule has 0 bridgehead atoms. The maximum Gasteiger partial charge on any atom is 0.222 e. The number of carbonyl (C=O) groups excluding carboxylic acids is 1. The van der Waals surface area contributed by atoms with Crippen molar-refractivity contribution < 1.29 is 9.90 Å². The summed E-state index contributed by atoms with van der Waals surface area (Å²) in [4.78, 5) is 13.8. The molecule has 18 heavy (non-hydrogen) atoms. The van der Waals surface area contributed by atoms with Gasteiger partial charge in [0.25, 0.3) is 0 Å². The van der Waals surface area contributed by atoms with E-state index in [2.05, 4.69) is 6.92 Å². The zero-order valence-corrected chi connectivity index (χ0v) is 12.1. The minimum atomic E-state index is -0.672. The van der Waals surface area contributed by atoms with Crippen molar-refractivity contribution in [1.29, 1.82) is 0 Å². The monoisotopic (exact) mass is 255 g/mol. The lowest BCUT2D eigenvalue weighted by atomic mass is 9.95. The average Bonchev–Trinajstić information content (AvgIpc) is 2.32. The van der Waals surface area contributed by atoms with Gasteiger partial charge in [-0.05, 0) is 26.2 Å². The molecule has 1 heterocycles. The van der Waals surface area contributed by atoms with E-state index in [9.17, 15) is 9.90 Å². The van der Waals surface area contributed by atoms with E-state index in [0.29, 0.717) is 13.0 Å². The third-order valence-corrected chi connectivity index (χ3v) is 3.77. The molecule has 1 N–H and O–H groups in total. The number of hydrogen-bond donors (Lipinski definition) is 1. The van der Waals surface area contributed by atoms with Crippen LogP contribution >= 0.6 is 0 Å². The Morgan fingerprint density at radius 1 is 1.22 bits per heavy atom. The molecule has 1 aliphatic heterocycles. The summed E-state index contributed by atoms with van der Waals surface area (Å²) in [6.45, 7) is 5.38. The Labute approximate surface area is 112 Å². The number of unbranched alkanes of at least 4 members (excludes halogenated alkanes) is 5. The first-order valence-corrected chi connectivity index (χ1v) is 7.55. The predicted molar refractivity (Wildman–Crippen MR) is 74.4 cm³/mol. The van der Waals surface area contributed by atoms with E-state index in [4.69, 9.17) is 0 Å². The SMILES string of the molecule is CCCCCCCCC(=O)N1CCCC(C)(O)C1. The molecule has 0 aliphatic carbocycles. The number of piperidine rings is 1. The first-order valence-electron chi connectivity index (χ1n) is 7.55. The summed E-state index contributed by atoms with van der Waals surface area (Å²) >= 11 is 0. The summed E-state index contributed by atoms with van der Waals surface area (Å²) < 4.78 is 0. The van der Waals surface area contributed by atoms with Gasteiger partial charge >= 0.3 is 0 Å². The van der Waals surface area contributed by atoms with Crippen LogP contribution in [0.1, 0.15) is 71.6 Å². The largest absolute Gasteiger partial charge is 0.388 e. The summed E-state index contributed by atoms with van der Waals surface area (Å²) in [5.74, 6) is 0.227. The van der Waals surface area contributed by atoms with Crippen LogP contribution in [0.3, 0.4) is 0 Å². The molecule has 1 unspecified atom stereocenters. The summed E-state index contributed by atoms with van der Waals surface area (Å²) in [6, 6.07) is 0. The van der Waals surface area contributed by atoms with E-state index in [1.165, 1.54) is 25.7 Å². The quantitative estimate of drug-likeness (QED) is 0.710. The van der Waals surface area contributed by atoms with Crippen molar-refractivity contribution in [1.82, 2.24) is 4.90 Å². The lowest BCUT2D eigenvalue weighted by Gasteiger charge is -2.36. The number of rotatable bonds is 7. The zero-order valence-electron chi connectivity index (χ0n) is 12.1. The number of β-amino-alcohol motifs (C(OH)–C–C–N with tert-alkyl or cyclic N) is 1. The highest BCUT2D eigenvalue weighted by molar-refractivity contribution is 5.76. The van der Waals surface area contributed by atoms with Crippen LogP contribution in [0.25, 0.3) is 0 Å². The molecule has 1 amide bonds. The Morgan fingerprint density at radius 2 is 1.89 bits per heavy atom. The van der Waals surface area contributed by atoms with E-state index in [0.717, 1.165) is 32.2 Å². The van der Waals surface area contributed by atoms with E-state index in [1.807, 2.05) is 11.8 Å². The van der Waals surface area contributed by atoms with Crippen LogP contribution in [0.2, 0.25) is 0 Å². The second-order valence-corrected chi connectivity index (χ2v) is 5.93. The van der Waals surface area contributed by atoms with Gasteiger partial charge in [0, 0.05) is 19.5 Å².